The normalized spacial score (nSPS) is 10.6. The summed E-state index contributed by atoms with van der Waals surface area (Å²) >= 11 is 0. The molecule has 6 heteroatoms. The molecular formula is C9H11N5O. The second-order valence-corrected chi connectivity index (χ2v) is 3.46. The lowest BCUT2D eigenvalue weighted by Gasteiger charge is -2.10. The van der Waals surface area contributed by atoms with Crippen LogP contribution in [0.2, 0.25) is 0 Å². The molecule has 0 atom stereocenters. The lowest BCUT2D eigenvalue weighted by Crippen LogP contribution is -2.20. The molecule has 2 aromatic rings. The standard InChI is InChI=1S/C9H11N5O/c1-13(2)6-4-10-8-7(12-6)9(15)14(3)5-11-8/h4-5H,1-3H3. The van der Waals surface area contributed by atoms with Gasteiger partial charge in [-0.05, 0) is 0 Å². The Hall–Kier alpha value is -1.98. The van der Waals surface area contributed by atoms with Crippen molar-refractivity contribution in [3.63, 3.8) is 0 Å². The maximum Gasteiger partial charge on any atom is 0.281 e. The highest BCUT2D eigenvalue weighted by molar-refractivity contribution is 5.69. The molecule has 2 rings (SSSR count). The zero-order valence-corrected chi connectivity index (χ0v) is 8.80. The Morgan fingerprint density at radius 1 is 1.33 bits per heavy atom. The number of fused-ring (bicyclic) bond motifs is 1. The van der Waals surface area contributed by atoms with E-state index in [1.54, 1.807) is 18.1 Å². The molecule has 0 bridgehead atoms. The van der Waals surface area contributed by atoms with Crippen molar-refractivity contribution >= 4 is 17.0 Å². The van der Waals surface area contributed by atoms with E-state index in [4.69, 9.17) is 0 Å². The Morgan fingerprint density at radius 3 is 2.73 bits per heavy atom. The Kier molecular flexibility index (Phi) is 2.11. The van der Waals surface area contributed by atoms with Crippen molar-refractivity contribution in [1.82, 2.24) is 19.5 Å². The topological polar surface area (TPSA) is 63.9 Å². The number of rotatable bonds is 1. The summed E-state index contributed by atoms with van der Waals surface area (Å²) in [6.07, 6.45) is 3.03. The first-order valence-electron chi connectivity index (χ1n) is 4.45. The Morgan fingerprint density at radius 2 is 2.07 bits per heavy atom. The first-order valence-corrected chi connectivity index (χ1v) is 4.45. The van der Waals surface area contributed by atoms with Crippen molar-refractivity contribution in [2.75, 3.05) is 19.0 Å². The average Bonchev–Trinajstić information content (AvgIpc) is 2.23. The molecule has 0 radical (unpaired) electrons. The third-order valence-electron chi connectivity index (χ3n) is 2.07. The minimum atomic E-state index is -0.184. The fourth-order valence-electron chi connectivity index (χ4n) is 1.19. The van der Waals surface area contributed by atoms with Crippen LogP contribution in [-0.2, 0) is 7.05 Å². The molecule has 0 aromatic carbocycles. The summed E-state index contributed by atoms with van der Waals surface area (Å²) in [5.41, 5.74) is 0.492. The quantitative estimate of drug-likeness (QED) is 0.644. The Balaban J connectivity index is 2.80. The van der Waals surface area contributed by atoms with Gasteiger partial charge in [0.05, 0.1) is 12.5 Å². The first kappa shape index (κ1) is 9.57. The number of aryl methyl sites for hydroxylation is 1. The SMILES string of the molecule is CN(C)c1cnc2ncn(C)c(=O)c2n1. The van der Waals surface area contributed by atoms with Gasteiger partial charge in [0.25, 0.3) is 5.56 Å². The van der Waals surface area contributed by atoms with Gasteiger partial charge in [-0.2, -0.15) is 0 Å². The predicted molar refractivity (Wildman–Crippen MR) is 56.9 cm³/mol. The summed E-state index contributed by atoms with van der Waals surface area (Å²) in [5, 5.41) is 0. The zero-order valence-electron chi connectivity index (χ0n) is 8.80. The molecule has 0 aliphatic heterocycles. The van der Waals surface area contributed by atoms with Gasteiger partial charge < -0.3 is 9.47 Å². The number of nitrogens with zero attached hydrogens (tertiary/aromatic N) is 5. The summed E-state index contributed by atoms with van der Waals surface area (Å²) in [4.78, 5) is 25.8. The monoisotopic (exact) mass is 205 g/mol. The van der Waals surface area contributed by atoms with E-state index in [0.717, 1.165) is 0 Å². The summed E-state index contributed by atoms with van der Waals surface area (Å²) in [7, 11) is 5.33. The summed E-state index contributed by atoms with van der Waals surface area (Å²) in [5.74, 6) is 0.646. The van der Waals surface area contributed by atoms with Gasteiger partial charge in [0.2, 0.25) is 0 Å². The van der Waals surface area contributed by atoms with E-state index in [1.165, 1.54) is 10.9 Å². The van der Waals surface area contributed by atoms with Gasteiger partial charge in [0.15, 0.2) is 11.2 Å². The Bertz CT molecular complexity index is 560. The molecule has 15 heavy (non-hydrogen) atoms. The molecule has 0 aliphatic rings. The van der Waals surface area contributed by atoms with E-state index in [9.17, 15) is 4.79 Å². The van der Waals surface area contributed by atoms with Gasteiger partial charge >= 0.3 is 0 Å². The van der Waals surface area contributed by atoms with E-state index in [-0.39, 0.29) is 5.56 Å². The van der Waals surface area contributed by atoms with E-state index in [2.05, 4.69) is 15.0 Å². The number of aromatic nitrogens is 4. The van der Waals surface area contributed by atoms with Crippen molar-refractivity contribution in [3.8, 4) is 0 Å². The van der Waals surface area contributed by atoms with Crippen molar-refractivity contribution in [2.45, 2.75) is 0 Å². The maximum absolute atomic E-state index is 11.7. The molecule has 0 N–H and O–H groups in total. The molecule has 0 spiro atoms. The summed E-state index contributed by atoms with van der Waals surface area (Å²) in [6, 6.07) is 0. The lowest BCUT2D eigenvalue weighted by atomic mass is 10.5. The number of hydrogen-bond donors (Lipinski definition) is 0. The minimum Gasteiger partial charge on any atom is -0.361 e. The molecule has 0 amide bonds. The van der Waals surface area contributed by atoms with Crippen LogP contribution in [-0.4, -0.2) is 33.6 Å². The third kappa shape index (κ3) is 1.54. The van der Waals surface area contributed by atoms with Crippen molar-refractivity contribution in [3.05, 3.63) is 22.9 Å². The molecule has 2 heterocycles. The van der Waals surface area contributed by atoms with Gasteiger partial charge in [-0.25, -0.2) is 15.0 Å². The maximum atomic E-state index is 11.7. The van der Waals surface area contributed by atoms with Crippen LogP contribution in [0.4, 0.5) is 5.82 Å². The molecule has 0 aliphatic carbocycles. The second-order valence-electron chi connectivity index (χ2n) is 3.46. The van der Waals surface area contributed by atoms with Gasteiger partial charge in [-0.15, -0.1) is 0 Å². The molecule has 0 fully saturated rings. The van der Waals surface area contributed by atoms with Crippen LogP contribution in [0.5, 0.6) is 0 Å². The van der Waals surface area contributed by atoms with Gasteiger partial charge in [-0.3, -0.25) is 4.79 Å². The predicted octanol–water partition coefficient (Wildman–Crippen LogP) is -0.211. The van der Waals surface area contributed by atoms with Crippen LogP contribution in [0.15, 0.2) is 17.3 Å². The molecular weight excluding hydrogens is 194 g/mol. The van der Waals surface area contributed by atoms with Crippen LogP contribution in [0.25, 0.3) is 11.2 Å². The molecule has 0 unspecified atom stereocenters. The highest BCUT2D eigenvalue weighted by Crippen LogP contribution is 2.07. The zero-order chi connectivity index (χ0) is 11.0. The third-order valence-corrected chi connectivity index (χ3v) is 2.07. The second kappa shape index (κ2) is 3.30. The van der Waals surface area contributed by atoms with Crippen molar-refractivity contribution < 1.29 is 0 Å². The largest absolute Gasteiger partial charge is 0.361 e. The molecule has 6 nitrogen and oxygen atoms in total. The van der Waals surface area contributed by atoms with E-state index >= 15 is 0 Å². The van der Waals surface area contributed by atoms with E-state index in [1.807, 2.05) is 14.1 Å². The Labute approximate surface area is 86.2 Å². The smallest absolute Gasteiger partial charge is 0.281 e. The minimum absolute atomic E-state index is 0.184. The lowest BCUT2D eigenvalue weighted by molar-refractivity contribution is 0.833. The number of anilines is 1. The molecule has 2 aromatic heterocycles. The summed E-state index contributed by atoms with van der Waals surface area (Å²) in [6.45, 7) is 0. The van der Waals surface area contributed by atoms with Crippen LogP contribution < -0.4 is 10.5 Å². The summed E-state index contributed by atoms with van der Waals surface area (Å²) < 4.78 is 1.39. The highest BCUT2D eigenvalue weighted by atomic mass is 16.1. The van der Waals surface area contributed by atoms with Gasteiger partial charge in [0, 0.05) is 21.1 Å². The van der Waals surface area contributed by atoms with E-state index < -0.39 is 0 Å². The van der Waals surface area contributed by atoms with Crippen LogP contribution >= 0.6 is 0 Å². The average molecular weight is 205 g/mol. The fourth-order valence-corrected chi connectivity index (χ4v) is 1.19. The van der Waals surface area contributed by atoms with E-state index in [0.29, 0.717) is 17.0 Å². The van der Waals surface area contributed by atoms with Crippen LogP contribution in [0.1, 0.15) is 0 Å². The van der Waals surface area contributed by atoms with Gasteiger partial charge in [-0.1, -0.05) is 0 Å². The molecule has 0 saturated heterocycles. The van der Waals surface area contributed by atoms with Crippen molar-refractivity contribution in [2.24, 2.45) is 7.05 Å². The molecule has 78 valence electrons. The highest BCUT2D eigenvalue weighted by Gasteiger charge is 2.06. The fraction of sp³-hybridized carbons (Fsp3) is 0.333. The van der Waals surface area contributed by atoms with Gasteiger partial charge in [0.1, 0.15) is 5.82 Å². The van der Waals surface area contributed by atoms with Crippen LogP contribution in [0.3, 0.4) is 0 Å². The van der Waals surface area contributed by atoms with Crippen molar-refractivity contribution in [1.29, 1.82) is 0 Å². The first-order chi connectivity index (χ1) is 7.09. The number of hydrogen-bond acceptors (Lipinski definition) is 5. The molecule has 0 saturated carbocycles. The van der Waals surface area contributed by atoms with Crippen LogP contribution in [0, 0.1) is 0 Å².